The van der Waals surface area contributed by atoms with Crippen LogP contribution in [0.25, 0.3) is 0 Å². The van der Waals surface area contributed by atoms with E-state index in [9.17, 15) is 9.50 Å². The van der Waals surface area contributed by atoms with Gasteiger partial charge in [-0.2, -0.15) is 0 Å². The highest BCUT2D eigenvalue weighted by molar-refractivity contribution is 5.62. The number of rotatable bonds is 3. The molecular formula is C14H15FN2O. The van der Waals surface area contributed by atoms with E-state index >= 15 is 0 Å². The summed E-state index contributed by atoms with van der Waals surface area (Å²) < 4.78 is 13.6. The number of hydrogen-bond acceptors (Lipinski definition) is 3. The fourth-order valence-corrected chi connectivity index (χ4v) is 1.71. The summed E-state index contributed by atoms with van der Waals surface area (Å²) in [7, 11) is 1.78. The van der Waals surface area contributed by atoms with Crippen LogP contribution in [0.15, 0.2) is 42.6 Å². The predicted octanol–water partition coefficient (Wildman–Crippen LogP) is 3.04. The smallest absolute Gasteiger partial charge is 0.146 e. The first kappa shape index (κ1) is 12.5. The molecule has 1 atom stereocenters. The molecule has 0 saturated heterocycles. The zero-order chi connectivity index (χ0) is 13.1. The Labute approximate surface area is 106 Å². The maximum atomic E-state index is 13.6. The van der Waals surface area contributed by atoms with Crippen molar-refractivity contribution >= 4 is 11.4 Å². The number of pyridine rings is 1. The summed E-state index contributed by atoms with van der Waals surface area (Å²) >= 11 is 0. The summed E-state index contributed by atoms with van der Waals surface area (Å²) in [6, 6.07) is 10.1. The Morgan fingerprint density at radius 2 is 1.94 bits per heavy atom. The fourth-order valence-electron chi connectivity index (χ4n) is 1.71. The molecule has 0 amide bonds. The van der Waals surface area contributed by atoms with Gasteiger partial charge in [0.25, 0.3) is 0 Å². The maximum absolute atomic E-state index is 13.6. The van der Waals surface area contributed by atoms with Gasteiger partial charge in [0, 0.05) is 7.05 Å². The average molecular weight is 246 g/mol. The van der Waals surface area contributed by atoms with Crippen molar-refractivity contribution in [2.45, 2.75) is 13.0 Å². The standard InChI is InChI=1S/C14H15FN2O/c1-10(18)13-8-7-11(9-16-13)17(2)14-6-4-3-5-12(14)15/h3-10,18H,1-2H3/t10-/m1/s1. The Bertz CT molecular complexity index is 526. The van der Waals surface area contributed by atoms with E-state index in [-0.39, 0.29) is 5.82 Å². The SMILES string of the molecule is C[C@@H](O)c1ccc(N(C)c2ccccc2F)cn1. The number of aliphatic hydroxyl groups excluding tert-OH is 1. The molecule has 0 unspecified atom stereocenters. The highest BCUT2D eigenvalue weighted by atomic mass is 19.1. The van der Waals surface area contributed by atoms with Crippen molar-refractivity contribution in [1.29, 1.82) is 0 Å². The van der Waals surface area contributed by atoms with Crippen LogP contribution in [0.4, 0.5) is 15.8 Å². The van der Waals surface area contributed by atoms with Crippen LogP contribution >= 0.6 is 0 Å². The molecule has 0 bridgehead atoms. The number of nitrogens with zero attached hydrogens (tertiary/aromatic N) is 2. The van der Waals surface area contributed by atoms with E-state index < -0.39 is 6.10 Å². The number of aliphatic hydroxyl groups is 1. The molecular weight excluding hydrogens is 231 g/mol. The van der Waals surface area contributed by atoms with E-state index in [1.165, 1.54) is 6.07 Å². The lowest BCUT2D eigenvalue weighted by Crippen LogP contribution is -2.11. The lowest BCUT2D eigenvalue weighted by molar-refractivity contribution is 0.194. The van der Waals surface area contributed by atoms with E-state index in [1.807, 2.05) is 6.07 Å². The van der Waals surface area contributed by atoms with Crippen LogP contribution < -0.4 is 4.90 Å². The number of anilines is 2. The summed E-state index contributed by atoms with van der Waals surface area (Å²) in [5.41, 5.74) is 1.86. The molecule has 4 heteroatoms. The van der Waals surface area contributed by atoms with Gasteiger partial charge in [-0.3, -0.25) is 4.98 Å². The van der Waals surface area contributed by atoms with Crippen LogP contribution in [-0.2, 0) is 0 Å². The van der Waals surface area contributed by atoms with E-state index in [1.54, 1.807) is 49.3 Å². The molecule has 0 aliphatic heterocycles. The Balaban J connectivity index is 2.29. The highest BCUT2D eigenvalue weighted by Crippen LogP contribution is 2.25. The van der Waals surface area contributed by atoms with Gasteiger partial charge in [-0.1, -0.05) is 12.1 Å². The molecule has 2 aromatic rings. The number of halogens is 1. The molecule has 1 aromatic carbocycles. The largest absolute Gasteiger partial charge is 0.387 e. The quantitative estimate of drug-likeness (QED) is 0.904. The normalized spacial score (nSPS) is 12.2. The lowest BCUT2D eigenvalue weighted by atomic mass is 10.2. The van der Waals surface area contributed by atoms with Crippen molar-refractivity contribution in [3.63, 3.8) is 0 Å². The van der Waals surface area contributed by atoms with Crippen LogP contribution in [0, 0.1) is 5.82 Å². The van der Waals surface area contributed by atoms with E-state index in [0.29, 0.717) is 11.4 Å². The van der Waals surface area contributed by atoms with Gasteiger partial charge in [-0.15, -0.1) is 0 Å². The molecule has 0 saturated carbocycles. The van der Waals surface area contributed by atoms with Gasteiger partial charge in [0.1, 0.15) is 5.82 Å². The third-order valence-electron chi connectivity index (χ3n) is 2.80. The van der Waals surface area contributed by atoms with Gasteiger partial charge in [0.15, 0.2) is 0 Å². The van der Waals surface area contributed by atoms with Crippen LogP contribution in [0.5, 0.6) is 0 Å². The van der Waals surface area contributed by atoms with Crippen LogP contribution in [0.1, 0.15) is 18.7 Å². The molecule has 3 nitrogen and oxygen atoms in total. The summed E-state index contributed by atoms with van der Waals surface area (Å²) in [6.45, 7) is 1.66. The minimum Gasteiger partial charge on any atom is -0.387 e. The molecule has 1 aromatic heterocycles. The number of para-hydroxylation sites is 1. The zero-order valence-electron chi connectivity index (χ0n) is 10.3. The second-order valence-electron chi connectivity index (χ2n) is 4.13. The first-order valence-corrected chi connectivity index (χ1v) is 5.72. The molecule has 18 heavy (non-hydrogen) atoms. The second kappa shape index (κ2) is 5.14. The van der Waals surface area contributed by atoms with Crippen LogP contribution in [0.2, 0.25) is 0 Å². The molecule has 0 aliphatic carbocycles. The molecule has 0 spiro atoms. The minimum absolute atomic E-state index is 0.278. The van der Waals surface area contributed by atoms with Gasteiger partial charge < -0.3 is 10.0 Å². The van der Waals surface area contributed by atoms with Crippen LogP contribution in [-0.4, -0.2) is 17.1 Å². The molecule has 0 radical (unpaired) electrons. The Morgan fingerprint density at radius 1 is 1.22 bits per heavy atom. The third-order valence-corrected chi connectivity index (χ3v) is 2.80. The summed E-state index contributed by atoms with van der Waals surface area (Å²) in [6.07, 6.45) is 1.02. The molecule has 1 N–H and O–H groups in total. The number of hydrogen-bond donors (Lipinski definition) is 1. The molecule has 0 fully saturated rings. The fraction of sp³-hybridized carbons (Fsp3) is 0.214. The Kier molecular flexibility index (Phi) is 3.58. The predicted molar refractivity (Wildman–Crippen MR) is 69.3 cm³/mol. The summed E-state index contributed by atoms with van der Waals surface area (Å²) in [5.74, 6) is -0.278. The topological polar surface area (TPSA) is 36.4 Å². The van der Waals surface area contributed by atoms with Crippen molar-refractivity contribution in [2.24, 2.45) is 0 Å². The van der Waals surface area contributed by atoms with Gasteiger partial charge in [0.05, 0.1) is 29.4 Å². The molecule has 1 heterocycles. The Morgan fingerprint density at radius 3 is 2.50 bits per heavy atom. The van der Waals surface area contributed by atoms with Crippen molar-refractivity contribution in [3.05, 3.63) is 54.1 Å². The Hall–Kier alpha value is -1.94. The van der Waals surface area contributed by atoms with Crippen molar-refractivity contribution in [3.8, 4) is 0 Å². The maximum Gasteiger partial charge on any atom is 0.146 e. The number of benzene rings is 1. The zero-order valence-corrected chi connectivity index (χ0v) is 10.3. The highest BCUT2D eigenvalue weighted by Gasteiger charge is 2.09. The molecule has 2 rings (SSSR count). The van der Waals surface area contributed by atoms with E-state index in [2.05, 4.69) is 4.98 Å². The molecule has 94 valence electrons. The average Bonchev–Trinajstić information content (AvgIpc) is 2.38. The van der Waals surface area contributed by atoms with Crippen molar-refractivity contribution in [1.82, 2.24) is 4.98 Å². The summed E-state index contributed by atoms with van der Waals surface area (Å²) in [5, 5.41) is 9.38. The van der Waals surface area contributed by atoms with Gasteiger partial charge in [-0.25, -0.2) is 4.39 Å². The van der Waals surface area contributed by atoms with Crippen LogP contribution in [0.3, 0.4) is 0 Å². The monoisotopic (exact) mass is 246 g/mol. The lowest BCUT2D eigenvalue weighted by Gasteiger charge is -2.20. The second-order valence-corrected chi connectivity index (χ2v) is 4.13. The first-order valence-electron chi connectivity index (χ1n) is 5.72. The summed E-state index contributed by atoms with van der Waals surface area (Å²) in [4.78, 5) is 5.86. The van der Waals surface area contributed by atoms with E-state index in [0.717, 1.165) is 5.69 Å². The van der Waals surface area contributed by atoms with E-state index in [4.69, 9.17) is 0 Å². The first-order chi connectivity index (χ1) is 8.59. The molecule has 0 aliphatic rings. The number of aromatic nitrogens is 1. The van der Waals surface area contributed by atoms with Crippen molar-refractivity contribution in [2.75, 3.05) is 11.9 Å². The van der Waals surface area contributed by atoms with Gasteiger partial charge in [-0.05, 0) is 31.2 Å². The van der Waals surface area contributed by atoms with Gasteiger partial charge >= 0.3 is 0 Å². The minimum atomic E-state index is -0.599. The van der Waals surface area contributed by atoms with Crippen molar-refractivity contribution < 1.29 is 9.50 Å². The third kappa shape index (κ3) is 2.49. The van der Waals surface area contributed by atoms with Gasteiger partial charge in [0.2, 0.25) is 0 Å².